The van der Waals surface area contributed by atoms with E-state index in [9.17, 15) is 8.42 Å². The third-order valence-electron chi connectivity index (χ3n) is 3.35. The molecule has 9 heteroatoms. The molecule has 0 fully saturated rings. The molecular weight excluding hydrogens is 459 g/mol. The number of hydrogen-bond acceptors (Lipinski definition) is 4. The van der Waals surface area contributed by atoms with Gasteiger partial charge >= 0.3 is 0 Å². The average Bonchev–Trinajstić information content (AvgIpc) is 3.09. The summed E-state index contributed by atoms with van der Waals surface area (Å²) in [6, 6.07) is 3.84. The smallest absolute Gasteiger partial charge is 0.261 e. The van der Waals surface area contributed by atoms with Crippen LogP contribution in [0, 0.1) is 36.9 Å². The van der Waals surface area contributed by atoms with Crippen molar-refractivity contribution in [1.29, 1.82) is 0 Å². The van der Waals surface area contributed by atoms with Crippen molar-refractivity contribution in [3.8, 4) is 0 Å². The second kappa shape index (κ2) is 6.56. The van der Waals surface area contributed by atoms with E-state index in [-0.39, 0.29) is 41.8 Å². The summed E-state index contributed by atoms with van der Waals surface area (Å²) in [4.78, 5) is 0.0451. The van der Waals surface area contributed by atoms with Crippen molar-refractivity contribution in [2.75, 3.05) is 4.72 Å². The molecule has 0 spiro atoms. The van der Waals surface area contributed by atoms with Gasteiger partial charge in [-0.15, -0.1) is 6.20 Å². The number of sulfonamides is 1. The third-order valence-corrected chi connectivity index (χ3v) is 4.66. The van der Waals surface area contributed by atoms with Crippen LogP contribution < -0.4 is 9.82 Å². The number of rotatable bonds is 4. The van der Waals surface area contributed by atoms with E-state index < -0.39 is 10.0 Å². The van der Waals surface area contributed by atoms with Crippen molar-refractivity contribution in [3.05, 3.63) is 36.3 Å². The fourth-order valence-corrected chi connectivity index (χ4v) is 3.25. The van der Waals surface area contributed by atoms with Gasteiger partial charge in [-0.25, -0.2) is 8.42 Å². The normalized spacial score (nSPS) is 11.4. The van der Waals surface area contributed by atoms with Crippen LogP contribution in [0.1, 0.15) is 12.5 Å². The fourth-order valence-electron chi connectivity index (χ4n) is 2.26. The molecule has 1 N–H and O–H groups in total. The molecule has 0 saturated heterocycles. The first-order valence-electron chi connectivity index (χ1n) is 6.42. The Kier molecular flexibility index (Phi) is 5.14. The number of hydrogen-bond donors (Lipinski definition) is 1. The van der Waals surface area contributed by atoms with E-state index in [0.29, 0.717) is 12.1 Å². The Labute approximate surface area is 157 Å². The Morgan fingerprint density at radius 3 is 2.73 bits per heavy atom. The second-order valence-corrected chi connectivity index (χ2v) is 6.34. The summed E-state index contributed by atoms with van der Waals surface area (Å²) in [5, 5.41) is 12.2. The topological polar surface area (TPSA) is 91.0 Å². The van der Waals surface area contributed by atoms with E-state index in [1.54, 1.807) is 17.9 Å². The van der Waals surface area contributed by atoms with E-state index in [0.717, 1.165) is 16.5 Å². The van der Waals surface area contributed by atoms with Crippen molar-refractivity contribution >= 4 is 26.6 Å². The minimum Gasteiger partial charge on any atom is -0.581 e. The number of nitrogens with zero attached hydrogens (tertiary/aromatic N) is 4. The van der Waals surface area contributed by atoms with Gasteiger partial charge in [-0.1, -0.05) is 19.1 Å². The molecule has 2 aromatic heterocycles. The van der Waals surface area contributed by atoms with Crippen LogP contribution in [0.2, 0.25) is 0 Å². The van der Waals surface area contributed by atoms with Crippen LogP contribution in [0.4, 0.5) is 5.69 Å². The maximum Gasteiger partial charge on any atom is 0.261 e. The van der Waals surface area contributed by atoms with Gasteiger partial charge in [-0.05, 0) is 12.0 Å². The molecule has 0 unspecified atom stereocenters. The maximum atomic E-state index is 12.4. The minimum atomic E-state index is -3.70. The Balaban J connectivity index is 0.00000176. The van der Waals surface area contributed by atoms with E-state index in [2.05, 4.69) is 20.0 Å². The van der Waals surface area contributed by atoms with Crippen molar-refractivity contribution < 1.29 is 45.3 Å². The van der Waals surface area contributed by atoms with Crippen LogP contribution in [-0.4, -0.2) is 23.3 Å². The molecule has 123 valence electrons. The van der Waals surface area contributed by atoms with Gasteiger partial charge in [0.05, 0.1) is 22.3 Å². The van der Waals surface area contributed by atoms with Gasteiger partial charge in [0.2, 0.25) is 0 Å². The van der Waals surface area contributed by atoms with Crippen LogP contribution in [0.25, 0.3) is 10.9 Å². The molecule has 3 rings (SSSR count). The van der Waals surface area contributed by atoms with Crippen molar-refractivity contribution in [3.63, 3.8) is 0 Å². The summed E-state index contributed by atoms with van der Waals surface area (Å²) in [6.45, 7) is 1.97. The SMILES string of the molecule is CCc1ccc2cnn(C)c2c1NS(=O)(=O)c1cn[n-]c1.[Tm]. The predicted octanol–water partition coefficient (Wildman–Crippen LogP) is 1.29. The molecule has 1 radical (unpaired) electrons. The van der Waals surface area contributed by atoms with Crippen LogP contribution in [0.3, 0.4) is 0 Å². The van der Waals surface area contributed by atoms with Crippen molar-refractivity contribution in [2.45, 2.75) is 18.2 Å². The van der Waals surface area contributed by atoms with Gasteiger partial charge in [0, 0.05) is 55.5 Å². The molecule has 2 heterocycles. The number of aromatic nitrogens is 4. The van der Waals surface area contributed by atoms with Crippen molar-refractivity contribution in [1.82, 2.24) is 20.0 Å². The van der Waals surface area contributed by atoms with E-state index in [1.807, 2.05) is 19.1 Å². The molecule has 0 aliphatic heterocycles. The fraction of sp³-hybridized carbons (Fsp3) is 0.231. The van der Waals surface area contributed by atoms with Crippen LogP contribution in [0.15, 0.2) is 35.6 Å². The summed E-state index contributed by atoms with van der Waals surface area (Å²) in [5.41, 5.74) is 2.21. The summed E-state index contributed by atoms with van der Waals surface area (Å²) >= 11 is 0. The van der Waals surface area contributed by atoms with Gasteiger partial charge in [-0.3, -0.25) is 9.40 Å². The molecular formula is C13H14N5O2STm-. The number of benzene rings is 1. The predicted molar refractivity (Wildman–Crippen MR) is 78.5 cm³/mol. The average molecular weight is 473 g/mol. The third kappa shape index (κ3) is 3.00. The minimum absolute atomic E-state index is 0. The molecule has 0 aliphatic carbocycles. The van der Waals surface area contributed by atoms with Crippen LogP contribution in [0.5, 0.6) is 0 Å². The summed E-state index contributed by atoms with van der Waals surface area (Å²) < 4.78 is 29.1. The molecule has 0 aliphatic rings. The van der Waals surface area contributed by atoms with Gasteiger partial charge in [0.25, 0.3) is 10.0 Å². The Bertz CT molecular complexity index is 887. The van der Waals surface area contributed by atoms with Crippen molar-refractivity contribution in [2.24, 2.45) is 7.05 Å². The number of nitrogens with one attached hydrogen (secondary N) is 1. The molecule has 0 bridgehead atoms. The Hall–Kier alpha value is -1.12. The molecule has 0 saturated carbocycles. The van der Waals surface area contributed by atoms with Gasteiger partial charge in [-0.2, -0.15) is 5.10 Å². The molecule has 3 aromatic rings. The number of fused-ring (bicyclic) bond motifs is 1. The van der Waals surface area contributed by atoms with E-state index in [1.165, 1.54) is 12.4 Å². The maximum absolute atomic E-state index is 12.4. The Morgan fingerprint density at radius 1 is 1.32 bits per heavy atom. The van der Waals surface area contributed by atoms with E-state index >= 15 is 0 Å². The molecule has 0 atom stereocenters. The van der Waals surface area contributed by atoms with Gasteiger partial charge < -0.3 is 10.2 Å². The zero-order valence-electron chi connectivity index (χ0n) is 11.9. The van der Waals surface area contributed by atoms with Gasteiger partial charge in [0.15, 0.2) is 0 Å². The van der Waals surface area contributed by atoms with Gasteiger partial charge in [0.1, 0.15) is 0 Å². The number of anilines is 1. The quantitative estimate of drug-likeness (QED) is 0.617. The number of aryl methyl sites for hydroxylation is 2. The first-order valence-corrected chi connectivity index (χ1v) is 7.91. The van der Waals surface area contributed by atoms with Crippen LogP contribution in [-0.2, 0) is 23.5 Å². The largest absolute Gasteiger partial charge is 0.581 e. The molecule has 22 heavy (non-hydrogen) atoms. The first-order chi connectivity index (χ1) is 10.0. The Morgan fingerprint density at radius 2 is 2.09 bits per heavy atom. The first kappa shape index (κ1) is 17.2. The zero-order valence-corrected chi connectivity index (χ0v) is 14.5. The molecule has 1 aromatic carbocycles. The summed E-state index contributed by atoms with van der Waals surface area (Å²) in [6.07, 6.45) is 4.85. The second-order valence-electron chi connectivity index (χ2n) is 4.66. The monoisotopic (exact) mass is 473 g/mol. The van der Waals surface area contributed by atoms with E-state index in [4.69, 9.17) is 0 Å². The standard InChI is InChI=1S/C13H14N5O2S.Tm/c1-3-9-4-5-10-6-16-18(2)13(10)12(9)17-21(19,20)11-7-14-15-8-11;/h4-8,17H,3H2,1-2H3;/q-1;. The molecule has 0 amide bonds. The summed E-state index contributed by atoms with van der Waals surface area (Å²) in [5.74, 6) is 0. The van der Waals surface area contributed by atoms with Crippen LogP contribution >= 0.6 is 0 Å². The molecule has 7 nitrogen and oxygen atoms in total. The zero-order chi connectivity index (χ0) is 15.0. The summed E-state index contributed by atoms with van der Waals surface area (Å²) in [7, 11) is -1.92.